The molecule has 0 unspecified atom stereocenters. The number of halogens is 2. The molecule has 1 aliphatic rings. The van der Waals surface area contributed by atoms with E-state index in [0.29, 0.717) is 49.6 Å². The third kappa shape index (κ3) is 6.30. The lowest BCUT2D eigenvalue weighted by Gasteiger charge is -2.31. The van der Waals surface area contributed by atoms with Gasteiger partial charge in [0.1, 0.15) is 11.6 Å². The molecule has 1 fully saturated rings. The Hall–Kier alpha value is -2.96. The van der Waals surface area contributed by atoms with Crippen LogP contribution < -0.4 is 9.47 Å². The Labute approximate surface area is 193 Å². The standard InChI is InChI=1S/C26H31F2NO4/c1-3-4-5-6-15-33-23-10-7-19(16-24(23)32-2)26(31)29-13-11-18(12-14-29)25(30)21-17-20(27)8-9-22(21)28/h7-10,16-18H,3-6,11-15H2,1-2H3. The predicted molar refractivity (Wildman–Crippen MR) is 122 cm³/mol. The van der Waals surface area contributed by atoms with Crippen LogP contribution in [0.15, 0.2) is 36.4 Å². The second-order valence-corrected chi connectivity index (χ2v) is 8.33. The van der Waals surface area contributed by atoms with Crippen LogP contribution in [0, 0.1) is 17.6 Å². The molecule has 178 valence electrons. The molecule has 0 aromatic heterocycles. The molecule has 7 heteroatoms. The van der Waals surface area contributed by atoms with Crippen molar-refractivity contribution in [3.05, 3.63) is 59.2 Å². The maximum absolute atomic E-state index is 14.0. The van der Waals surface area contributed by atoms with Crippen molar-refractivity contribution in [2.24, 2.45) is 5.92 Å². The first-order chi connectivity index (χ1) is 15.9. The maximum atomic E-state index is 14.0. The molecule has 0 spiro atoms. The number of benzene rings is 2. The van der Waals surface area contributed by atoms with E-state index in [1.54, 1.807) is 23.1 Å². The number of piperidine rings is 1. The van der Waals surface area contributed by atoms with Crippen molar-refractivity contribution in [3.8, 4) is 11.5 Å². The second kappa shape index (κ2) is 11.8. The normalized spacial score (nSPS) is 14.2. The number of unbranched alkanes of at least 4 members (excludes halogenated alkanes) is 3. The van der Waals surface area contributed by atoms with E-state index in [0.717, 1.165) is 37.5 Å². The first-order valence-corrected chi connectivity index (χ1v) is 11.5. The number of hydrogen-bond acceptors (Lipinski definition) is 4. The van der Waals surface area contributed by atoms with Gasteiger partial charge in [0, 0.05) is 24.6 Å². The Morgan fingerprint density at radius 1 is 1.00 bits per heavy atom. The number of methoxy groups -OCH3 is 1. The number of hydrogen-bond donors (Lipinski definition) is 0. The fraction of sp³-hybridized carbons (Fsp3) is 0.462. The molecule has 1 saturated heterocycles. The summed E-state index contributed by atoms with van der Waals surface area (Å²) in [6.45, 7) is 3.48. The van der Waals surface area contributed by atoms with E-state index in [2.05, 4.69) is 6.92 Å². The van der Waals surface area contributed by atoms with E-state index >= 15 is 0 Å². The number of nitrogens with zero attached hydrogens (tertiary/aromatic N) is 1. The average Bonchev–Trinajstić information content (AvgIpc) is 2.84. The van der Waals surface area contributed by atoms with E-state index in [9.17, 15) is 18.4 Å². The molecule has 1 aliphatic heterocycles. The summed E-state index contributed by atoms with van der Waals surface area (Å²) in [5, 5.41) is 0. The number of amides is 1. The minimum Gasteiger partial charge on any atom is -0.493 e. The number of carbonyl (C=O) groups is 2. The van der Waals surface area contributed by atoms with E-state index < -0.39 is 23.3 Å². The Kier molecular flexibility index (Phi) is 8.80. The second-order valence-electron chi connectivity index (χ2n) is 8.33. The number of rotatable bonds is 10. The highest BCUT2D eigenvalue weighted by atomic mass is 19.1. The summed E-state index contributed by atoms with van der Waals surface area (Å²) in [6.07, 6.45) is 5.21. The summed E-state index contributed by atoms with van der Waals surface area (Å²) in [6, 6.07) is 8.02. The van der Waals surface area contributed by atoms with E-state index in [4.69, 9.17) is 9.47 Å². The molecule has 33 heavy (non-hydrogen) atoms. The van der Waals surface area contributed by atoms with Crippen LogP contribution >= 0.6 is 0 Å². The fourth-order valence-corrected chi connectivity index (χ4v) is 4.06. The zero-order valence-electron chi connectivity index (χ0n) is 19.2. The van der Waals surface area contributed by atoms with Crippen LogP contribution in [0.3, 0.4) is 0 Å². The number of carbonyl (C=O) groups excluding carboxylic acids is 2. The average molecular weight is 460 g/mol. The fourth-order valence-electron chi connectivity index (χ4n) is 4.06. The summed E-state index contributed by atoms with van der Waals surface area (Å²) in [7, 11) is 1.54. The molecule has 5 nitrogen and oxygen atoms in total. The molecular weight excluding hydrogens is 428 g/mol. The van der Waals surface area contributed by atoms with Gasteiger partial charge in [-0.25, -0.2) is 8.78 Å². The summed E-state index contributed by atoms with van der Waals surface area (Å²) in [5.41, 5.74) is 0.251. The number of ether oxygens (including phenoxy) is 2. The van der Waals surface area contributed by atoms with Crippen LogP contribution in [0.4, 0.5) is 8.78 Å². The highest BCUT2D eigenvalue weighted by molar-refractivity contribution is 5.99. The van der Waals surface area contributed by atoms with Crippen molar-refractivity contribution in [1.29, 1.82) is 0 Å². The quantitative estimate of drug-likeness (QED) is 0.339. The Morgan fingerprint density at radius 2 is 1.76 bits per heavy atom. The van der Waals surface area contributed by atoms with E-state index in [-0.39, 0.29) is 11.5 Å². The molecule has 0 N–H and O–H groups in total. The van der Waals surface area contributed by atoms with E-state index in [1.165, 1.54) is 13.5 Å². The van der Waals surface area contributed by atoms with Crippen molar-refractivity contribution < 1.29 is 27.8 Å². The van der Waals surface area contributed by atoms with Crippen molar-refractivity contribution >= 4 is 11.7 Å². The largest absolute Gasteiger partial charge is 0.493 e. The van der Waals surface area contributed by atoms with Gasteiger partial charge in [-0.3, -0.25) is 9.59 Å². The zero-order valence-corrected chi connectivity index (χ0v) is 19.2. The monoisotopic (exact) mass is 459 g/mol. The van der Waals surface area contributed by atoms with Gasteiger partial charge in [0.25, 0.3) is 5.91 Å². The summed E-state index contributed by atoms with van der Waals surface area (Å²) in [5.74, 6) is -1.28. The number of likely N-dealkylation sites (tertiary alicyclic amines) is 1. The van der Waals surface area contributed by atoms with Gasteiger partial charge >= 0.3 is 0 Å². The minimum atomic E-state index is -0.723. The summed E-state index contributed by atoms with van der Waals surface area (Å²) < 4.78 is 38.6. The third-order valence-electron chi connectivity index (χ3n) is 6.01. The lowest BCUT2D eigenvalue weighted by Crippen LogP contribution is -2.40. The first-order valence-electron chi connectivity index (χ1n) is 11.5. The Balaban J connectivity index is 1.58. The van der Waals surface area contributed by atoms with Gasteiger partial charge in [0.2, 0.25) is 0 Å². The number of ketones is 1. The van der Waals surface area contributed by atoms with Gasteiger partial charge in [-0.05, 0) is 55.7 Å². The first kappa shape index (κ1) is 24.7. The molecule has 1 amide bonds. The van der Waals surface area contributed by atoms with Crippen LogP contribution in [-0.2, 0) is 0 Å². The van der Waals surface area contributed by atoms with Gasteiger partial charge in [-0.15, -0.1) is 0 Å². The van der Waals surface area contributed by atoms with Crippen LogP contribution in [0.25, 0.3) is 0 Å². The minimum absolute atomic E-state index is 0.161. The van der Waals surface area contributed by atoms with Crippen molar-refractivity contribution in [2.45, 2.75) is 45.4 Å². The highest BCUT2D eigenvalue weighted by Gasteiger charge is 2.30. The Morgan fingerprint density at radius 3 is 2.45 bits per heavy atom. The topological polar surface area (TPSA) is 55.8 Å². The van der Waals surface area contributed by atoms with Crippen molar-refractivity contribution in [1.82, 2.24) is 4.90 Å². The molecule has 0 aliphatic carbocycles. The predicted octanol–water partition coefficient (Wildman–Crippen LogP) is 5.67. The van der Waals surface area contributed by atoms with Gasteiger partial charge in [-0.2, -0.15) is 0 Å². The molecule has 0 atom stereocenters. The molecular formula is C26H31F2NO4. The molecule has 0 bridgehead atoms. The SMILES string of the molecule is CCCCCCOc1ccc(C(=O)N2CCC(C(=O)c3cc(F)ccc3F)CC2)cc1OC. The lowest BCUT2D eigenvalue weighted by molar-refractivity contribution is 0.0648. The molecule has 1 heterocycles. The third-order valence-corrected chi connectivity index (χ3v) is 6.01. The molecule has 0 saturated carbocycles. The Bertz CT molecular complexity index is 971. The van der Waals surface area contributed by atoms with Gasteiger partial charge in [0.05, 0.1) is 19.3 Å². The maximum Gasteiger partial charge on any atom is 0.253 e. The van der Waals surface area contributed by atoms with Crippen LogP contribution in [0.5, 0.6) is 11.5 Å². The van der Waals surface area contributed by atoms with Gasteiger partial charge < -0.3 is 14.4 Å². The number of Topliss-reactive ketones (excluding diaryl/α,β-unsaturated/α-hetero) is 1. The molecule has 0 radical (unpaired) electrons. The molecule has 2 aromatic carbocycles. The van der Waals surface area contributed by atoms with Crippen LogP contribution in [-0.4, -0.2) is 43.4 Å². The zero-order chi connectivity index (χ0) is 23.8. The lowest BCUT2D eigenvalue weighted by atomic mass is 9.88. The molecule has 2 aromatic rings. The van der Waals surface area contributed by atoms with E-state index in [1.807, 2.05) is 0 Å². The highest BCUT2D eigenvalue weighted by Crippen LogP contribution is 2.30. The summed E-state index contributed by atoms with van der Waals surface area (Å²) >= 11 is 0. The smallest absolute Gasteiger partial charge is 0.253 e. The summed E-state index contributed by atoms with van der Waals surface area (Å²) in [4.78, 5) is 27.3. The van der Waals surface area contributed by atoms with Crippen molar-refractivity contribution in [2.75, 3.05) is 26.8 Å². The van der Waals surface area contributed by atoms with Crippen LogP contribution in [0.1, 0.15) is 66.2 Å². The van der Waals surface area contributed by atoms with Gasteiger partial charge in [-0.1, -0.05) is 26.2 Å². The van der Waals surface area contributed by atoms with Gasteiger partial charge in [0.15, 0.2) is 17.3 Å². The van der Waals surface area contributed by atoms with Crippen LogP contribution in [0.2, 0.25) is 0 Å². The van der Waals surface area contributed by atoms with Crippen molar-refractivity contribution in [3.63, 3.8) is 0 Å². The molecule has 3 rings (SSSR count).